The van der Waals surface area contributed by atoms with E-state index < -0.39 is 0 Å². The van der Waals surface area contributed by atoms with Gasteiger partial charge in [0.25, 0.3) is 5.91 Å². The van der Waals surface area contributed by atoms with E-state index in [0.29, 0.717) is 5.75 Å². The maximum atomic E-state index is 12.0. The van der Waals surface area contributed by atoms with Crippen molar-refractivity contribution in [1.29, 1.82) is 0 Å². The van der Waals surface area contributed by atoms with Crippen molar-refractivity contribution in [2.75, 3.05) is 32.1 Å². The van der Waals surface area contributed by atoms with Crippen LogP contribution in [0.2, 0.25) is 0 Å². The molecule has 0 atom stereocenters. The first-order chi connectivity index (χ1) is 13.2. The van der Waals surface area contributed by atoms with E-state index in [9.17, 15) is 4.79 Å². The number of hydrogen-bond acceptors (Lipinski definition) is 5. The fraction of sp³-hybridized carbons (Fsp3) is 0.333. The number of benzene rings is 2. The van der Waals surface area contributed by atoms with Crippen molar-refractivity contribution in [2.45, 2.75) is 19.4 Å². The van der Waals surface area contributed by atoms with E-state index in [2.05, 4.69) is 45.0 Å². The highest BCUT2D eigenvalue weighted by Gasteiger charge is 2.15. The summed E-state index contributed by atoms with van der Waals surface area (Å²) < 4.78 is 5.26. The summed E-state index contributed by atoms with van der Waals surface area (Å²) in [6.07, 6.45) is 1.76. The van der Waals surface area contributed by atoms with E-state index in [4.69, 9.17) is 4.74 Å². The monoisotopic (exact) mass is 366 g/mol. The van der Waals surface area contributed by atoms with E-state index in [1.165, 1.54) is 5.56 Å². The van der Waals surface area contributed by atoms with Crippen LogP contribution in [0.4, 0.5) is 5.69 Å². The summed E-state index contributed by atoms with van der Waals surface area (Å²) in [5, 5.41) is 7.37. The Morgan fingerprint density at radius 1 is 1.07 bits per heavy atom. The van der Waals surface area contributed by atoms with Crippen LogP contribution < -0.4 is 15.5 Å². The topological polar surface area (TPSA) is 66.0 Å². The van der Waals surface area contributed by atoms with Crippen molar-refractivity contribution in [3.63, 3.8) is 0 Å². The van der Waals surface area contributed by atoms with Gasteiger partial charge in [-0.2, -0.15) is 5.10 Å². The molecule has 6 heteroatoms. The average Bonchev–Trinajstić information content (AvgIpc) is 2.72. The summed E-state index contributed by atoms with van der Waals surface area (Å²) in [6, 6.07) is 18.0. The molecule has 0 bridgehead atoms. The molecule has 2 N–H and O–H groups in total. The van der Waals surface area contributed by atoms with Gasteiger partial charge in [0, 0.05) is 38.2 Å². The highest BCUT2D eigenvalue weighted by Crippen LogP contribution is 2.22. The highest BCUT2D eigenvalue weighted by molar-refractivity contribution is 5.88. The zero-order valence-corrected chi connectivity index (χ0v) is 15.6. The fourth-order valence-electron chi connectivity index (χ4n) is 3.07. The molecule has 3 rings (SSSR count). The molecule has 6 nitrogen and oxygen atoms in total. The van der Waals surface area contributed by atoms with Crippen molar-refractivity contribution >= 4 is 17.3 Å². The number of piperidine rings is 1. The lowest BCUT2D eigenvalue weighted by atomic mass is 10.1. The number of hydrogen-bond donors (Lipinski definition) is 2. The van der Waals surface area contributed by atoms with Gasteiger partial charge in [0.15, 0.2) is 0 Å². The molecule has 1 amide bonds. The molecule has 0 saturated carbocycles. The third-order valence-corrected chi connectivity index (χ3v) is 4.57. The van der Waals surface area contributed by atoms with Crippen LogP contribution in [0, 0.1) is 0 Å². The van der Waals surface area contributed by atoms with E-state index in [1.54, 1.807) is 7.11 Å². The molecule has 1 heterocycles. The molecule has 2 aromatic rings. The predicted molar refractivity (Wildman–Crippen MR) is 108 cm³/mol. The van der Waals surface area contributed by atoms with Crippen LogP contribution in [0.1, 0.15) is 18.4 Å². The summed E-state index contributed by atoms with van der Waals surface area (Å²) in [5.74, 6) is 0.544. The molecule has 142 valence electrons. The third kappa shape index (κ3) is 5.82. The number of para-hydroxylation sites is 2. The number of nitrogens with zero attached hydrogens (tertiary/aromatic N) is 2. The molecule has 0 spiro atoms. The first-order valence-electron chi connectivity index (χ1n) is 9.22. The molecule has 1 aliphatic heterocycles. The number of nitrogens with one attached hydrogen (secondary N) is 2. The van der Waals surface area contributed by atoms with Crippen molar-refractivity contribution in [2.24, 2.45) is 5.10 Å². The average molecular weight is 366 g/mol. The molecule has 0 aliphatic carbocycles. The lowest BCUT2D eigenvalue weighted by Gasteiger charge is -2.27. The highest BCUT2D eigenvalue weighted by atomic mass is 16.5. The van der Waals surface area contributed by atoms with Gasteiger partial charge in [0.2, 0.25) is 0 Å². The van der Waals surface area contributed by atoms with Gasteiger partial charge in [-0.1, -0.05) is 42.5 Å². The molecule has 1 aliphatic rings. The number of anilines is 1. The quantitative estimate of drug-likeness (QED) is 0.740. The number of carbonyl (C=O) groups excluding carboxylic acids is 1. The summed E-state index contributed by atoms with van der Waals surface area (Å²) in [4.78, 5) is 14.4. The van der Waals surface area contributed by atoms with Gasteiger partial charge in [-0.05, 0) is 17.7 Å². The molecule has 1 fully saturated rings. The van der Waals surface area contributed by atoms with Crippen LogP contribution in [0.3, 0.4) is 0 Å². The maximum Gasteiger partial charge on any atom is 0.259 e. The Bertz CT molecular complexity index is 767. The smallest absolute Gasteiger partial charge is 0.259 e. The second kappa shape index (κ2) is 9.73. The van der Waals surface area contributed by atoms with E-state index in [0.717, 1.165) is 43.9 Å². The second-order valence-corrected chi connectivity index (χ2v) is 6.53. The Labute approximate surface area is 160 Å². The number of amides is 1. The first-order valence-corrected chi connectivity index (χ1v) is 9.22. The Balaban J connectivity index is 1.40. The number of rotatable bonds is 7. The molecule has 0 unspecified atom stereocenters. The number of carbonyl (C=O) groups is 1. The molecule has 0 radical (unpaired) electrons. The molecule has 2 aromatic carbocycles. The Kier molecular flexibility index (Phi) is 6.82. The normalized spacial score (nSPS) is 14.5. The van der Waals surface area contributed by atoms with Crippen molar-refractivity contribution in [1.82, 2.24) is 10.3 Å². The Morgan fingerprint density at radius 3 is 2.52 bits per heavy atom. The van der Waals surface area contributed by atoms with Gasteiger partial charge in [-0.3, -0.25) is 9.69 Å². The molecule has 1 saturated heterocycles. The minimum atomic E-state index is -0.167. The summed E-state index contributed by atoms with van der Waals surface area (Å²) in [7, 11) is 1.61. The van der Waals surface area contributed by atoms with Crippen molar-refractivity contribution in [3.8, 4) is 5.75 Å². The van der Waals surface area contributed by atoms with Gasteiger partial charge >= 0.3 is 0 Å². The fourth-order valence-corrected chi connectivity index (χ4v) is 3.07. The van der Waals surface area contributed by atoms with Crippen molar-refractivity contribution in [3.05, 3.63) is 60.2 Å². The maximum absolute atomic E-state index is 12.0. The number of ether oxygens (including phenoxy) is 1. The predicted octanol–water partition coefficient (Wildman–Crippen LogP) is 2.88. The molecular weight excluding hydrogens is 340 g/mol. The van der Waals surface area contributed by atoms with Crippen molar-refractivity contribution < 1.29 is 9.53 Å². The largest absolute Gasteiger partial charge is 0.495 e. The van der Waals surface area contributed by atoms with Gasteiger partial charge in [0.1, 0.15) is 5.75 Å². The van der Waals surface area contributed by atoms with E-state index in [-0.39, 0.29) is 12.5 Å². The Hall–Kier alpha value is -2.86. The number of hydrazone groups is 1. The lowest BCUT2D eigenvalue weighted by Crippen LogP contribution is -2.35. The SMILES string of the molecule is COc1ccccc1NCC(=O)NN=C1CCN(Cc2ccccc2)CC1. The van der Waals surface area contributed by atoms with Crippen LogP contribution in [-0.2, 0) is 11.3 Å². The third-order valence-electron chi connectivity index (χ3n) is 4.57. The van der Waals surface area contributed by atoms with Crippen LogP contribution in [0.15, 0.2) is 59.7 Å². The van der Waals surface area contributed by atoms with Gasteiger partial charge in [0.05, 0.1) is 19.3 Å². The summed E-state index contributed by atoms with van der Waals surface area (Å²) in [6.45, 7) is 3.03. The lowest BCUT2D eigenvalue weighted by molar-refractivity contribution is -0.119. The minimum absolute atomic E-state index is 0.150. The van der Waals surface area contributed by atoms with Gasteiger partial charge < -0.3 is 10.1 Å². The van der Waals surface area contributed by atoms with E-state index in [1.807, 2.05) is 30.3 Å². The summed E-state index contributed by atoms with van der Waals surface area (Å²) >= 11 is 0. The number of methoxy groups -OCH3 is 1. The molecular formula is C21H26N4O2. The first kappa shape index (κ1) is 18.9. The van der Waals surface area contributed by atoms with Crippen LogP contribution >= 0.6 is 0 Å². The van der Waals surface area contributed by atoms with E-state index >= 15 is 0 Å². The Morgan fingerprint density at radius 2 is 1.78 bits per heavy atom. The number of likely N-dealkylation sites (tertiary alicyclic amines) is 1. The summed E-state index contributed by atoms with van der Waals surface area (Å²) in [5.41, 5.74) is 5.81. The second-order valence-electron chi connectivity index (χ2n) is 6.53. The van der Waals surface area contributed by atoms with Gasteiger partial charge in [-0.15, -0.1) is 0 Å². The molecule has 27 heavy (non-hydrogen) atoms. The van der Waals surface area contributed by atoms with Crippen LogP contribution in [0.25, 0.3) is 0 Å². The van der Waals surface area contributed by atoms with Crippen LogP contribution in [0.5, 0.6) is 5.75 Å². The zero-order valence-electron chi connectivity index (χ0n) is 15.6. The zero-order chi connectivity index (χ0) is 18.9. The van der Waals surface area contributed by atoms with Gasteiger partial charge in [-0.25, -0.2) is 5.43 Å². The minimum Gasteiger partial charge on any atom is -0.495 e. The standard InChI is InChI=1S/C21H26N4O2/c1-27-20-10-6-5-9-19(20)22-15-21(26)24-23-18-11-13-25(14-12-18)16-17-7-3-2-4-8-17/h2-10,22H,11-16H2,1H3,(H,24,26). The molecule has 0 aromatic heterocycles. The van der Waals surface area contributed by atoms with Crippen LogP contribution in [-0.4, -0.2) is 43.3 Å².